The van der Waals surface area contributed by atoms with Gasteiger partial charge in [-0.2, -0.15) is 0 Å². The van der Waals surface area contributed by atoms with Crippen LogP contribution >= 0.6 is 0 Å². The zero-order valence-electron chi connectivity index (χ0n) is 37.4. The lowest BCUT2D eigenvalue weighted by Crippen LogP contribution is -2.54. The Balaban J connectivity index is 0.942. The minimum atomic E-state index is -1.93. The largest absolute Gasteiger partial charge is 0.459 e. The SMILES string of the molecule is CCc1c2c(nc3ccc(OC(=O)N4CCN(C(=O)CCC(=O)N5CCC(C(=O)OC(C)(C)C)(C(=O)OC(C)(C)C)CC5)CC4)cc13)-c1cc3c(c(=O)n1C2)COC(=O)[C@]3(O)CC. The normalized spacial score (nSPS) is 19.4. The summed E-state index contributed by atoms with van der Waals surface area (Å²) in [6.07, 6.45) is 0.0542. The summed E-state index contributed by atoms with van der Waals surface area (Å²) in [6, 6.07) is 6.83. The number of aryl methyl sites for hydroxylation is 1. The first-order valence-corrected chi connectivity index (χ1v) is 21.7. The first-order valence-electron chi connectivity index (χ1n) is 21.7. The maximum atomic E-state index is 13.7. The molecule has 2 saturated heterocycles. The number of hydrogen-bond donors (Lipinski definition) is 1. The molecule has 2 fully saturated rings. The maximum Gasteiger partial charge on any atom is 0.415 e. The molecule has 2 aromatic heterocycles. The Morgan fingerprint density at radius 1 is 0.794 bits per heavy atom. The summed E-state index contributed by atoms with van der Waals surface area (Å²) in [4.78, 5) is 102. The van der Waals surface area contributed by atoms with E-state index >= 15 is 0 Å². The van der Waals surface area contributed by atoms with Crippen molar-refractivity contribution in [2.24, 2.45) is 5.41 Å². The minimum absolute atomic E-state index is 0.0330. The number of nitrogens with zero attached hydrogens (tertiary/aromatic N) is 5. The second-order valence-electron chi connectivity index (χ2n) is 18.8. The second kappa shape index (κ2) is 16.7. The summed E-state index contributed by atoms with van der Waals surface area (Å²) in [5.41, 5.74) is -1.50. The number of carbonyl (C=O) groups excluding carboxylic acids is 6. The lowest BCUT2D eigenvalue weighted by atomic mass is 9.77. The monoisotopic (exact) mass is 871 g/mol. The second-order valence-corrected chi connectivity index (χ2v) is 18.8. The van der Waals surface area contributed by atoms with Gasteiger partial charge in [-0.3, -0.25) is 24.0 Å². The van der Waals surface area contributed by atoms with Crippen molar-refractivity contribution in [3.63, 3.8) is 0 Å². The van der Waals surface area contributed by atoms with Gasteiger partial charge >= 0.3 is 24.0 Å². The molecule has 7 rings (SSSR count). The van der Waals surface area contributed by atoms with E-state index in [2.05, 4.69) is 0 Å². The third kappa shape index (κ3) is 8.63. The van der Waals surface area contributed by atoms with Crippen LogP contribution in [0.15, 0.2) is 29.1 Å². The van der Waals surface area contributed by atoms with Crippen LogP contribution in [0.2, 0.25) is 0 Å². The highest BCUT2D eigenvalue weighted by atomic mass is 16.6. The molecule has 17 heteroatoms. The van der Waals surface area contributed by atoms with Gasteiger partial charge < -0.3 is 43.3 Å². The van der Waals surface area contributed by atoms with Crippen molar-refractivity contribution < 1.29 is 52.8 Å². The molecule has 4 aliphatic heterocycles. The van der Waals surface area contributed by atoms with Gasteiger partial charge in [0, 0.05) is 68.6 Å². The number of pyridine rings is 2. The average Bonchev–Trinajstić information content (AvgIpc) is 3.60. The molecule has 3 amide bonds. The number of rotatable bonds is 8. The van der Waals surface area contributed by atoms with Gasteiger partial charge in [-0.05, 0) is 97.1 Å². The molecule has 1 N–H and O–H groups in total. The average molecular weight is 872 g/mol. The third-order valence-corrected chi connectivity index (χ3v) is 12.3. The molecule has 1 atom stereocenters. The maximum absolute atomic E-state index is 13.7. The van der Waals surface area contributed by atoms with Crippen LogP contribution in [0.4, 0.5) is 4.79 Å². The van der Waals surface area contributed by atoms with Gasteiger partial charge in [0.05, 0.1) is 29.0 Å². The molecule has 0 aliphatic carbocycles. The quantitative estimate of drug-likeness (QED) is 0.149. The number of fused-ring (bicyclic) bond motifs is 5. The molecule has 0 unspecified atom stereocenters. The molecular weight excluding hydrogens is 815 g/mol. The summed E-state index contributed by atoms with van der Waals surface area (Å²) in [7, 11) is 0. The molecule has 0 radical (unpaired) electrons. The van der Waals surface area contributed by atoms with Crippen molar-refractivity contribution >= 4 is 46.7 Å². The molecular formula is C46H57N5O12. The fourth-order valence-corrected chi connectivity index (χ4v) is 8.82. The number of aliphatic hydroxyl groups is 1. The third-order valence-electron chi connectivity index (χ3n) is 12.3. The predicted octanol–water partition coefficient (Wildman–Crippen LogP) is 4.36. The number of piperidine rings is 1. The van der Waals surface area contributed by atoms with Gasteiger partial charge in [0.25, 0.3) is 5.56 Å². The van der Waals surface area contributed by atoms with Crippen LogP contribution < -0.4 is 10.3 Å². The molecule has 0 bridgehead atoms. The fraction of sp³-hybridized carbons (Fsp3) is 0.565. The van der Waals surface area contributed by atoms with Crippen molar-refractivity contribution in [2.45, 2.75) is 124 Å². The van der Waals surface area contributed by atoms with Gasteiger partial charge in [0.15, 0.2) is 11.0 Å². The summed E-state index contributed by atoms with van der Waals surface area (Å²) < 4.78 is 23.9. The van der Waals surface area contributed by atoms with Crippen LogP contribution in [0.1, 0.15) is 110 Å². The van der Waals surface area contributed by atoms with Crippen LogP contribution in [0.5, 0.6) is 5.75 Å². The molecule has 0 saturated carbocycles. The van der Waals surface area contributed by atoms with E-state index in [1.165, 1.54) is 4.90 Å². The molecule has 4 aliphatic rings. The van der Waals surface area contributed by atoms with E-state index in [4.69, 9.17) is 23.9 Å². The molecule has 0 spiro atoms. The van der Waals surface area contributed by atoms with E-state index in [1.807, 2.05) is 6.92 Å². The van der Waals surface area contributed by atoms with Crippen LogP contribution in [0, 0.1) is 5.41 Å². The first kappa shape index (κ1) is 45.2. The molecule has 6 heterocycles. The van der Waals surface area contributed by atoms with Crippen LogP contribution in [-0.2, 0) is 63.4 Å². The number of benzene rings is 1. The summed E-state index contributed by atoms with van der Waals surface area (Å²) in [5.74, 6) is -2.31. The predicted molar refractivity (Wildman–Crippen MR) is 227 cm³/mol. The van der Waals surface area contributed by atoms with Gasteiger partial charge in [-0.1, -0.05) is 13.8 Å². The zero-order chi connectivity index (χ0) is 45.8. The van der Waals surface area contributed by atoms with E-state index in [0.717, 1.165) is 16.5 Å². The van der Waals surface area contributed by atoms with Crippen LogP contribution in [0.3, 0.4) is 0 Å². The van der Waals surface area contributed by atoms with Crippen molar-refractivity contribution in [3.05, 3.63) is 56.9 Å². The van der Waals surface area contributed by atoms with Crippen molar-refractivity contribution in [3.8, 4) is 17.1 Å². The Kier molecular flexibility index (Phi) is 12.0. The fourth-order valence-electron chi connectivity index (χ4n) is 8.82. The van der Waals surface area contributed by atoms with E-state index in [1.54, 1.807) is 87.1 Å². The summed E-state index contributed by atoms with van der Waals surface area (Å²) in [5, 5.41) is 12.0. The number of cyclic esters (lactones) is 1. The van der Waals surface area contributed by atoms with E-state index in [0.29, 0.717) is 29.1 Å². The zero-order valence-corrected chi connectivity index (χ0v) is 37.4. The minimum Gasteiger partial charge on any atom is -0.459 e. The van der Waals surface area contributed by atoms with Crippen LogP contribution in [-0.4, -0.2) is 116 Å². The molecule has 1 aromatic carbocycles. The number of likely N-dealkylation sites (tertiary alicyclic amines) is 1. The molecule has 338 valence electrons. The van der Waals surface area contributed by atoms with Crippen molar-refractivity contribution in [2.75, 3.05) is 39.3 Å². The highest BCUT2D eigenvalue weighted by Gasteiger charge is 2.53. The summed E-state index contributed by atoms with van der Waals surface area (Å²) in [6.45, 7) is 15.2. The number of amides is 3. The van der Waals surface area contributed by atoms with Gasteiger partial charge in [-0.25, -0.2) is 14.6 Å². The van der Waals surface area contributed by atoms with Crippen LogP contribution in [0.25, 0.3) is 22.3 Å². The topological polar surface area (TPSA) is 204 Å². The number of hydrogen-bond acceptors (Lipinski definition) is 13. The number of piperazine rings is 1. The lowest BCUT2D eigenvalue weighted by molar-refractivity contribution is -0.190. The Morgan fingerprint density at radius 2 is 1.37 bits per heavy atom. The van der Waals surface area contributed by atoms with E-state index in [9.17, 15) is 38.7 Å². The number of carbonyl (C=O) groups is 6. The van der Waals surface area contributed by atoms with Crippen molar-refractivity contribution in [1.82, 2.24) is 24.3 Å². The highest BCUT2D eigenvalue weighted by molar-refractivity contribution is 6.01. The van der Waals surface area contributed by atoms with E-state index in [-0.39, 0.29) is 113 Å². The smallest absolute Gasteiger partial charge is 0.415 e. The van der Waals surface area contributed by atoms with Crippen molar-refractivity contribution in [1.29, 1.82) is 0 Å². The summed E-state index contributed by atoms with van der Waals surface area (Å²) >= 11 is 0. The lowest BCUT2D eigenvalue weighted by Gasteiger charge is -2.40. The van der Waals surface area contributed by atoms with Gasteiger partial charge in [0.1, 0.15) is 23.6 Å². The molecule has 3 aromatic rings. The Morgan fingerprint density at radius 3 is 1.92 bits per heavy atom. The Labute approximate surface area is 365 Å². The standard InChI is InChI=1S/C46H57N5O12/c1-9-28-29-23-27(11-12-33(29)47-37-30(28)25-51-34(37)24-32-31(38(51)54)26-60-41(57)46(32,59)10-2)61-42(58)50-21-19-49(20-22-50)36(53)14-13-35(52)48-17-15-45(16-18-48,39(55)62-43(3,4)5)40(56)63-44(6,7)8/h11-12,23-24,59H,9-10,13-22,25-26H2,1-8H3/t46-/m0/s1. The van der Waals surface area contributed by atoms with E-state index < -0.39 is 46.2 Å². The highest BCUT2D eigenvalue weighted by Crippen LogP contribution is 2.41. The Bertz CT molecular complexity index is 2420. The molecule has 63 heavy (non-hydrogen) atoms. The first-order chi connectivity index (χ1) is 29.6. The molecule has 17 nitrogen and oxygen atoms in total. The number of ether oxygens (including phenoxy) is 4. The number of esters is 3. The number of aromatic nitrogens is 2. The Hall–Kier alpha value is -5.84. The van der Waals surface area contributed by atoms with Gasteiger partial charge in [0.2, 0.25) is 11.8 Å². The van der Waals surface area contributed by atoms with Gasteiger partial charge in [-0.15, -0.1) is 0 Å².